The Morgan fingerprint density at radius 2 is 1.57 bits per heavy atom. The van der Waals surface area contributed by atoms with E-state index in [1.54, 1.807) is 0 Å². The topological polar surface area (TPSA) is 61.4 Å². The van der Waals surface area contributed by atoms with E-state index < -0.39 is 0 Å². The first-order valence-electron chi connectivity index (χ1n) is 11.1. The lowest BCUT2D eigenvalue weighted by atomic mass is 9.81. The van der Waals surface area contributed by atoms with Gasteiger partial charge in [-0.1, -0.05) is 43.9 Å². The summed E-state index contributed by atoms with van der Waals surface area (Å²) in [5.74, 6) is 0.564. The van der Waals surface area contributed by atoms with Crippen molar-refractivity contribution in [1.82, 2.24) is 10.2 Å². The molecule has 4 rings (SSSR count). The van der Waals surface area contributed by atoms with Crippen LogP contribution in [0.4, 0.5) is 5.69 Å². The van der Waals surface area contributed by atoms with Gasteiger partial charge in [0.25, 0.3) is 0 Å². The highest BCUT2D eigenvalue weighted by atomic mass is 16.2. The van der Waals surface area contributed by atoms with E-state index in [0.29, 0.717) is 18.6 Å². The average molecular weight is 384 g/mol. The molecule has 2 aliphatic heterocycles. The monoisotopic (exact) mass is 383 g/mol. The number of fused-ring (bicyclic) bond motifs is 2. The van der Waals surface area contributed by atoms with E-state index in [4.69, 9.17) is 0 Å². The third-order valence-corrected chi connectivity index (χ3v) is 6.83. The standard InChI is InChI=1S/C23H33N3O2/c27-22(24-18-10-5-2-6-11-18)16-26-20-12-7-13-21(26)15-19(14-20)25-23(28)17-8-3-1-4-9-17/h2,5-6,10-11,17,19-21H,1,3-4,7-9,12-16H2,(H,24,27)(H,25,28)/t20-,21-/m0/s1. The molecule has 1 aromatic rings. The van der Waals surface area contributed by atoms with Crippen LogP contribution < -0.4 is 10.6 Å². The van der Waals surface area contributed by atoms with Gasteiger partial charge in [-0.2, -0.15) is 0 Å². The number of para-hydroxylation sites is 1. The number of nitrogens with one attached hydrogen (secondary N) is 2. The second-order valence-electron chi connectivity index (χ2n) is 8.84. The minimum atomic E-state index is 0.0628. The van der Waals surface area contributed by atoms with Gasteiger partial charge in [0, 0.05) is 29.7 Å². The molecule has 2 amide bonds. The van der Waals surface area contributed by atoms with E-state index in [0.717, 1.165) is 44.2 Å². The fraction of sp³-hybridized carbons (Fsp3) is 0.652. The summed E-state index contributed by atoms with van der Waals surface area (Å²) in [5, 5.41) is 6.38. The molecule has 152 valence electrons. The number of hydrogen-bond donors (Lipinski definition) is 2. The molecule has 1 aliphatic carbocycles. The van der Waals surface area contributed by atoms with Crippen LogP contribution in [0.25, 0.3) is 0 Å². The number of amides is 2. The third kappa shape index (κ3) is 4.75. The number of anilines is 1. The Labute approximate surface area is 168 Å². The molecular formula is C23H33N3O2. The van der Waals surface area contributed by atoms with Gasteiger partial charge in [-0.05, 0) is 50.7 Å². The van der Waals surface area contributed by atoms with Crippen LogP contribution in [0.1, 0.15) is 64.2 Å². The molecule has 0 aromatic heterocycles. The minimum Gasteiger partial charge on any atom is -0.353 e. The lowest BCUT2D eigenvalue weighted by molar-refractivity contribution is -0.128. The highest BCUT2D eigenvalue weighted by Crippen LogP contribution is 2.34. The Morgan fingerprint density at radius 3 is 2.25 bits per heavy atom. The maximum absolute atomic E-state index is 12.7. The van der Waals surface area contributed by atoms with Gasteiger partial charge in [-0.15, -0.1) is 0 Å². The number of hydrogen-bond acceptors (Lipinski definition) is 3. The number of nitrogens with zero attached hydrogens (tertiary/aromatic N) is 1. The molecule has 3 fully saturated rings. The van der Waals surface area contributed by atoms with Gasteiger partial charge in [0.05, 0.1) is 6.54 Å². The maximum atomic E-state index is 12.7. The average Bonchev–Trinajstić information content (AvgIpc) is 2.70. The summed E-state index contributed by atoms with van der Waals surface area (Å²) >= 11 is 0. The smallest absolute Gasteiger partial charge is 0.238 e. The Morgan fingerprint density at radius 1 is 0.893 bits per heavy atom. The summed E-state index contributed by atoms with van der Waals surface area (Å²) in [5.41, 5.74) is 0.854. The number of benzene rings is 1. The molecule has 2 heterocycles. The van der Waals surface area contributed by atoms with Crippen molar-refractivity contribution in [2.45, 2.75) is 82.3 Å². The number of carbonyl (C=O) groups is 2. The van der Waals surface area contributed by atoms with Gasteiger partial charge in [-0.3, -0.25) is 14.5 Å². The quantitative estimate of drug-likeness (QED) is 0.815. The maximum Gasteiger partial charge on any atom is 0.238 e. The van der Waals surface area contributed by atoms with Crippen molar-refractivity contribution in [2.75, 3.05) is 11.9 Å². The van der Waals surface area contributed by atoms with E-state index in [1.165, 1.54) is 25.7 Å². The zero-order valence-electron chi connectivity index (χ0n) is 16.7. The van der Waals surface area contributed by atoms with Crippen LogP contribution in [0.3, 0.4) is 0 Å². The minimum absolute atomic E-state index is 0.0628. The van der Waals surface area contributed by atoms with E-state index >= 15 is 0 Å². The molecule has 2 atom stereocenters. The molecule has 0 radical (unpaired) electrons. The molecule has 1 aromatic carbocycles. The van der Waals surface area contributed by atoms with Crippen LogP contribution >= 0.6 is 0 Å². The third-order valence-electron chi connectivity index (χ3n) is 6.83. The molecule has 0 unspecified atom stereocenters. The van der Waals surface area contributed by atoms with Crippen molar-refractivity contribution in [3.8, 4) is 0 Å². The van der Waals surface area contributed by atoms with Gasteiger partial charge in [0.15, 0.2) is 0 Å². The number of carbonyl (C=O) groups excluding carboxylic acids is 2. The van der Waals surface area contributed by atoms with Gasteiger partial charge in [-0.25, -0.2) is 0 Å². The number of piperidine rings is 2. The molecule has 28 heavy (non-hydrogen) atoms. The molecule has 2 saturated heterocycles. The van der Waals surface area contributed by atoms with Crippen molar-refractivity contribution in [2.24, 2.45) is 5.92 Å². The molecule has 2 bridgehead atoms. The van der Waals surface area contributed by atoms with Crippen molar-refractivity contribution >= 4 is 17.5 Å². The molecule has 1 saturated carbocycles. The highest BCUT2D eigenvalue weighted by Gasteiger charge is 2.39. The predicted molar refractivity (Wildman–Crippen MR) is 111 cm³/mol. The molecule has 5 heteroatoms. The molecule has 5 nitrogen and oxygen atoms in total. The summed E-state index contributed by atoms with van der Waals surface area (Å²) in [7, 11) is 0. The van der Waals surface area contributed by atoms with E-state index in [2.05, 4.69) is 15.5 Å². The van der Waals surface area contributed by atoms with Crippen LogP contribution in [0.2, 0.25) is 0 Å². The summed E-state index contributed by atoms with van der Waals surface area (Å²) in [6, 6.07) is 10.8. The van der Waals surface area contributed by atoms with Crippen LogP contribution in [-0.4, -0.2) is 41.4 Å². The summed E-state index contributed by atoms with van der Waals surface area (Å²) in [6.45, 7) is 0.452. The normalized spacial score (nSPS) is 28.5. The Kier molecular flexibility index (Phi) is 6.30. The first-order valence-corrected chi connectivity index (χ1v) is 11.1. The van der Waals surface area contributed by atoms with Gasteiger partial charge >= 0.3 is 0 Å². The number of rotatable bonds is 5. The van der Waals surface area contributed by atoms with Crippen LogP contribution in [-0.2, 0) is 9.59 Å². The van der Waals surface area contributed by atoms with Gasteiger partial charge < -0.3 is 10.6 Å². The first kappa shape index (κ1) is 19.4. The lowest BCUT2D eigenvalue weighted by Gasteiger charge is -2.48. The summed E-state index contributed by atoms with van der Waals surface area (Å²) in [6.07, 6.45) is 11.2. The van der Waals surface area contributed by atoms with Crippen molar-refractivity contribution < 1.29 is 9.59 Å². The Bertz CT molecular complexity index is 658. The largest absolute Gasteiger partial charge is 0.353 e. The molecule has 3 aliphatic rings. The van der Waals surface area contributed by atoms with Crippen molar-refractivity contribution in [3.05, 3.63) is 30.3 Å². The Hall–Kier alpha value is -1.88. The van der Waals surface area contributed by atoms with E-state index in [-0.39, 0.29) is 23.8 Å². The molecule has 0 spiro atoms. The van der Waals surface area contributed by atoms with Crippen LogP contribution in [0.5, 0.6) is 0 Å². The second-order valence-corrected chi connectivity index (χ2v) is 8.84. The first-order chi connectivity index (χ1) is 13.7. The zero-order chi connectivity index (χ0) is 19.3. The van der Waals surface area contributed by atoms with Crippen molar-refractivity contribution in [1.29, 1.82) is 0 Å². The Balaban J connectivity index is 1.31. The van der Waals surface area contributed by atoms with Crippen LogP contribution in [0.15, 0.2) is 30.3 Å². The fourth-order valence-corrected chi connectivity index (χ4v) is 5.43. The van der Waals surface area contributed by atoms with Gasteiger partial charge in [0.1, 0.15) is 0 Å². The van der Waals surface area contributed by atoms with Crippen molar-refractivity contribution in [3.63, 3.8) is 0 Å². The summed E-state index contributed by atoms with van der Waals surface area (Å²) in [4.78, 5) is 27.6. The molecule has 2 N–H and O–H groups in total. The van der Waals surface area contributed by atoms with E-state index in [9.17, 15) is 9.59 Å². The van der Waals surface area contributed by atoms with Gasteiger partial charge in [0.2, 0.25) is 11.8 Å². The fourth-order valence-electron chi connectivity index (χ4n) is 5.43. The summed E-state index contributed by atoms with van der Waals surface area (Å²) < 4.78 is 0. The van der Waals surface area contributed by atoms with E-state index in [1.807, 2.05) is 30.3 Å². The van der Waals surface area contributed by atoms with Crippen LogP contribution in [0, 0.1) is 5.92 Å². The SMILES string of the molecule is O=C(CN1[C@H]2CCC[C@H]1CC(NC(=O)C1CCCCC1)C2)Nc1ccccc1. The molecular weight excluding hydrogens is 350 g/mol. The highest BCUT2D eigenvalue weighted by molar-refractivity contribution is 5.92. The zero-order valence-corrected chi connectivity index (χ0v) is 16.7. The lowest BCUT2D eigenvalue weighted by Crippen LogP contribution is -2.58. The second kappa shape index (κ2) is 9.08. The predicted octanol–water partition coefficient (Wildman–Crippen LogP) is 3.71.